The highest BCUT2D eigenvalue weighted by Crippen LogP contribution is 2.43. The Morgan fingerprint density at radius 1 is 0.966 bits per heavy atom. The first-order valence-corrected chi connectivity index (χ1v) is 20.1. The van der Waals surface area contributed by atoms with Crippen LogP contribution in [0.3, 0.4) is 0 Å². The van der Waals surface area contributed by atoms with E-state index in [-0.39, 0.29) is 52.2 Å². The second kappa shape index (κ2) is 16.0. The van der Waals surface area contributed by atoms with Crippen molar-refractivity contribution >= 4 is 69.0 Å². The number of anilines is 2. The first-order valence-electron chi connectivity index (χ1n) is 18.2. The molecule has 2 saturated heterocycles. The fourth-order valence-electron chi connectivity index (χ4n) is 7.33. The summed E-state index contributed by atoms with van der Waals surface area (Å²) in [5.74, 6) is -3.18. The number of thioether (sulfide) groups is 1. The van der Waals surface area contributed by atoms with Gasteiger partial charge in [0.1, 0.15) is 22.8 Å². The molecule has 1 aromatic heterocycles. The van der Waals surface area contributed by atoms with Crippen LogP contribution in [0, 0.1) is 10.1 Å². The molecule has 0 radical (unpaired) electrons. The molecule has 4 N–H and O–H groups in total. The zero-order valence-corrected chi connectivity index (χ0v) is 32.5. The zero-order chi connectivity index (χ0) is 41.3. The molecule has 296 valence electrons. The molecule has 0 aliphatic carbocycles. The number of thiazole rings is 1. The van der Waals surface area contributed by atoms with Gasteiger partial charge < -0.3 is 25.9 Å². The number of rotatable bonds is 12. The maximum Gasteiger partial charge on any atom is 0.352 e. The number of hydrogen-bond donors (Lipinski definition) is 3. The van der Waals surface area contributed by atoms with Crippen LogP contribution < -0.4 is 16.0 Å². The molecule has 0 saturated carbocycles. The lowest BCUT2D eigenvalue weighted by Gasteiger charge is -2.49. The highest BCUT2D eigenvalue weighted by Gasteiger charge is 2.54. The first-order chi connectivity index (χ1) is 28.6. The number of nitrogen functional groups attached to an aromatic ring is 1. The van der Waals surface area contributed by atoms with E-state index < -0.39 is 45.6 Å². The van der Waals surface area contributed by atoms with Crippen LogP contribution in [-0.4, -0.2) is 73.0 Å². The van der Waals surface area contributed by atoms with Crippen LogP contribution >= 0.6 is 23.1 Å². The highest BCUT2D eigenvalue weighted by molar-refractivity contribution is 8.00. The summed E-state index contributed by atoms with van der Waals surface area (Å²) in [5, 5.41) is 29.8. The number of carboxylic acids is 1. The van der Waals surface area contributed by atoms with Crippen molar-refractivity contribution in [2.45, 2.75) is 23.4 Å². The predicted molar refractivity (Wildman–Crippen MR) is 221 cm³/mol. The quantitative estimate of drug-likeness (QED) is 0.0360. The van der Waals surface area contributed by atoms with E-state index in [9.17, 15) is 34.4 Å². The fraction of sp³-hybridized carbons (Fsp3) is 0.143. The second-order valence-electron chi connectivity index (χ2n) is 13.6. The average molecular weight is 828 g/mol. The number of allylic oxidation sites excluding steroid dienone is 1. The van der Waals surface area contributed by atoms with Crippen LogP contribution in [0.25, 0.3) is 0 Å². The highest BCUT2D eigenvalue weighted by atomic mass is 32.2. The third-order valence-electron chi connectivity index (χ3n) is 10.1. The smallest absolute Gasteiger partial charge is 0.352 e. The molecule has 0 unspecified atom stereocenters. The number of β-lactam (4-membered cyclic amide) rings is 1. The van der Waals surface area contributed by atoms with Gasteiger partial charge >= 0.3 is 5.97 Å². The average Bonchev–Trinajstić information content (AvgIpc) is 3.86. The maximum absolute atomic E-state index is 14.3. The minimum absolute atomic E-state index is 0.105. The Bertz CT molecular complexity index is 2480. The van der Waals surface area contributed by atoms with E-state index in [2.05, 4.69) is 15.5 Å². The number of amides is 3. The lowest BCUT2D eigenvalue weighted by molar-refractivity contribution is -0.384. The standard InChI is InChI=1S/C42H33N7O8S2/c43-41-44-32(24-59-41)33(46-57-42(27-11-4-1-5-12-27,28-13-6-2-7-14-28)29-15-8-3-9-16-29)36(50)45-34-38(52)48-35(40(53)54)26(23-58-39(34)48)21-25-19-20-47(37(25)51)30-17-10-18-31(22-30)49(55)56/h1-18,21-22,24,34,39H,19-20,23H2,(H2,43,44)(H,45,50)(H,53,54)/b25-21+,46-33-/t34-,39-/m1/s1. The minimum Gasteiger partial charge on any atom is -0.477 e. The zero-order valence-electron chi connectivity index (χ0n) is 30.8. The molecular weight excluding hydrogens is 795 g/mol. The van der Waals surface area contributed by atoms with Crippen molar-refractivity contribution in [2.24, 2.45) is 5.16 Å². The molecule has 2 atom stereocenters. The van der Waals surface area contributed by atoms with Crippen molar-refractivity contribution in [1.29, 1.82) is 0 Å². The van der Waals surface area contributed by atoms with Crippen LogP contribution in [0.4, 0.5) is 16.5 Å². The number of nitro groups is 1. The Morgan fingerprint density at radius 2 is 1.59 bits per heavy atom. The molecule has 17 heteroatoms. The summed E-state index contributed by atoms with van der Waals surface area (Å²) in [7, 11) is 0. The van der Waals surface area contributed by atoms with E-state index in [1.54, 1.807) is 11.4 Å². The van der Waals surface area contributed by atoms with Gasteiger partial charge in [0.05, 0.1) is 10.6 Å². The number of hydrogen-bond acceptors (Lipinski definition) is 12. The van der Waals surface area contributed by atoms with Gasteiger partial charge in [0.2, 0.25) is 5.60 Å². The lowest BCUT2D eigenvalue weighted by Crippen LogP contribution is -2.71. The lowest BCUT2D eigenvalue weighted by atomic mass is 9.80. The SMILES string of the molecule is Nc1nc(/C(=N/OC(c2ccccc2)(c2ccccc2)c2ccccc2)C(=O)N[C@@H]2C(=O)N3C(C(=O)O)=C(/C=C4\CCN(c5cccc([N+](=O)[O-])c5)C4=O)CS[C@H]23)cs1. The van der Waals surface area contributed by atoms with Crippen molar-refractivity contribution in [3.63, 3.8) is 0 Å². The minimum atomic E-state index is -1.38. The van der Waals surface area contributed by atoms with E-state index >= 15 is 0 Å². The number of benzene rings is 4. The third-order valence-corrected chi connectivity index (χ3v) is 12.1. The molecule has 4 heterocycles. The summed E-state index contributed by atoms with van der Waals surface area (Å²) in [4.78, 5) is 78.3. The number of nitrogens with two attached hydrogens (primary N) is 1. The third kappa shape index (κ3) is 7.21. The Morgan fingerprint density at radius 3 is 2.15 bits per heavy atom. The van der Waals surface area contributed by atoms with Crippen molar-refractivity contribution in [3.8, 4) is 0 Å². The van der Waals surface area contributed by atoms with Crippen LogP contribution in [0.5, 0.6) is 0 Å². The molecule has 2 fully saturated rings. The Hall–Kier alpha value is -7.11. The summed E-state index contributed by atoms with van der Waals surface area (Å²) in [5.41, 5.74) is 7.07. The van der Waals surface area contributed by atoms with E-state index in [4.69, 9.17) is 10.6 Å². The van der Waals surface area contributed by atoms with Gasteiger partial charge in [0.15, 0.2) is 10.8 Å². The van der Waals surface area contributed by atoms with Crippen molar-refractivity contribution in [2.75, 3.05) is 22.9 Å². The van der Waals surface area contributed by atoms with Gasteiger partial charge in [-0.15, -0.1) is 23.1 Å². The largest absolute Gasteiger partial charge is 0.477 e. The van der Waals surface area contributed by atoms with Crippen LogP contribution in [-0.2, 0) is 29.6 Å². The molecule has 0 bridgehead atoms. The molecule has 3 aliphatic heterocycles. The topological polar surface area (TPSA) is 211 Å². The number of carbonyl (C=O) groups is 4. The molecule has 3 amide bonds. The molecule has 15 nitrogen and oxygen atoms in total. The Kier molecular flexibility index (Phi) is 10.5. The molecule has 3 aliphatic rings. The summed E-state index contributed by atoms with van der Waals surface area (Å²) in [6.07, 6.45) is 1.73. The number of nitrogens with one attached hydrogen (secondary N) is 1. The van der Waals surface area contributed by atoms with Crippen LogP contribution in [0.15, 0.2) is 149 Å². The number of nitrogens with zero attached hydrogens (tertiary/aromatic N) is 5. The van der Waals surface area contributed by atoms with Crippen molar-refractivity contribution < 1.29 is 34.0 Å². The Labute approximate surface area is 344 Å². The molecular formula is C42H33N7O8S2. The Balaban J connectivity index is 1.08. The number of fused-ring (bicyclic) bond motifs is 1. The van der Waals surface area contributed by atoms with E-state index in [0.29, 0.717) is 11.3 Å². The monoisotopic (exact) mass is 827 g/mol. The predicted octanol–water partition coefficient (Wildman–Crippen LogP) is 5.45. The van der Waals surface area contributed by atoms with E-state index in [1.165, 1.54) is 40.9 Å². The van der Waals surface area contributed by atoms with Crippen LogP contribution in [0.2, 0.25) is 0 Å². The van der Waals surface area contributed by atoms with Crippen molar-refractivity contribution in [3.05, 3.63) is 176 Å². The van der Waals surface area contributed by atoms with Gasteiger partial charge in [-0.05, 0) is 24.1 Å². The number of aliphatic carboxylic acids is 1. The number of nitro benzene ring substituents is 1. The molecule has 4 aromatic carbocycles. The number of carbonyl (C=O) groups excluding carboxylic acids is 3. The number of non-ortho nitro benzene ring substituents is 1. The van der Waals surface area contributed by atoms with E-state index in [1.807, 2.05) is 91.0 Å². The van der Waals surface area contributed by atoms with Gasteiger partial charge in [-0.1, -0.05) is 102 Å². The molecule has 59 heavy (non-hydrogen) atoms. The second-order valence-corrected chi connectivity index (χ2v) is 15.6. The number of aromatic nitrogens is 1. The van der Waals surface area contributed by atoms with Gasteiger partial charge in [-0.3, -0.25) is 29.4 Å². The van der Waals surface area contributed by atoms with Crippen molar-refractivity contribution in [1.82, 2.24) is 15.2 Å². The number of carboxylic acid groups (broad SMARTS) is 1. The maximum atomic E-state index is 14.3. The summed E-state index contributed by atoms with van der Waals surface area (Å²) in [6.45, 7) is 0.232. The summed E-state index contributed by atoms with van der Waals surface area (Å²) in [6, 6.07) is 32.8. The number of oxime groups is 1. The van der Waals surface area contributed by atoms with Gasteiger partial charge in [0.25, 0.3) is 23.4 Å². The molecule has 0 spiro atoms. The van der Waals surface area contributed by atoms with Crippen LogP contribution in [0.1, 0.15) is 28.8 Å². The molecule has 5 aromatic rings. The normalized spacial score (nSPS) is 18.7. The molecule has 8 rings (SSSR count). The van der Waals surface area contributed by atoms with E-state index in [0.717, 1.165) is 32.9 Å². The fourth-order valence-corrected chi connectivity index (χ4v) is 9.19. The summed E-state index contributed by atoms with van der Waals surface area (Å²) < 4.78 is 0. The summed E-state index contributed by atoms with van der Waals surface area (Å²) >= 11 is 2.31. The van der Waals surface area contributed by atoms with Gasteiger partial charge in [-0.25, -0.2) is 9.78 Å². The first kappa shape index (κ1) is 38.7. The van der Waals surface area contributed by atoms with Gasteiger partial charge in [0, 0.05) is 52.1 Å². The van der Waals surface area contributed by atoms with Gasteiger partial charge in [-0.2, -0.15) is 0 Å².